The van der Waals surface area contributed by atoms with Gasteiger partial charge in [0.15, 0.2) is 0 Å². The third-order valence-corrected chi connectivity index (χ3v) is 4.73. The minimum atomic E-state index is -0.963. The van der Waals surface area contributed by atoms with Crippen LogP contribution in [-0.2, 0) is 14.3 Å². The molecular weight excluding hydrogens is 270 g/mol. The Morgan fingerprint density at radius 2 is 2.10 bits per heavy atom. The number of carboxylic acids is 1. The van der Waals surface area contributed by atoms with Gasteiger partial charge in [-0.15, -0.1) is 0 Å². The van der Waals surface area contributed by atoms with Crippen molar-refractivity contribution in [1.82, 2.24) is 0 Å². The average molecular weight is 285 g/mol. The van der Waals surface area contributed by atoms with Crippen molar-refractivity contribution in [2.45, 2.75) is 18.6 Å². The quantitative estimate of drug-likeness (QED) is 0.833. The molecule has 2 saturated heterocycles. The third-order valence-electron chi connectivity index (χ3n) is 4.73. The van der Waals surface area contributed by atoms with E-state index in [4.69, 9.17) is 4.74 Å². The molecule has 108 valence electrons. The van der Waals surface area contributed by atoms with Gasteiger partial charge in [-0.3, -0.25) is 9.59 Å². The maximum atomic E-state index is 12.7. The molecule has 1 aromatic rings. The van der Waals surface area contributed by atoms with Crippen LogP contribution in [0.1, 0.15) is 5.56 Å². The lowest BCUT2D eigenvalue weighted by atomic mass is 9.77. The normalized spacial score (nSPS) is 36.3. The van der Waals surface area contributed by atoms with Crippen molar-refractivity contribution in [3.8, 4) is 0 Å². The minimum Gasteiger partial charge on any atom is -0.481 e. The number of hydrogen-bond donors (Lipinski definition) is 1. The Balaban J connectivity index is 1.73. The molecular formula is C16H15NO4. The Hall–Kier alpha value is -2.14. The van der Waals surface area contributed by atoms with Crippen LogP contribution in [-0.4, -0.2) is 35.2 Å². The highest BCUT2D eigenvalue weighted by Crippen LogP contribution is 2.52. The zero-order chi connectivity index (χ0) is 14.8. The molecule has 21 heavy (non-hydrogen) atoms. The first-order chi connectivity index (χ1) is 10.0. The molecule has 0 unspecified atom stereocenters. The van der Waals surface area contributed by atoms with Gasteiger partial charge in [0, 0.05) is 5.69 Å². The van der Waals surface area contributed by atoms with Gasteiger partial charge < -0.3 is 14.7 Å². The van der Waals surface area contributed by atoms with Crippen molar-refractivity contribution in [3.05, 3.63) is 42.0 Å². The molecule has 0 aliphatic carbocycles. The number of ether oxygens (including phenoxy) is 1. The lowest BCUT2D eigenvalue weighted by Crippen LogP contribution is -2.39. The fraction of sp³-hybridized carbons (Fsp3) is 0.375. The van der Waals surface area contributed by atoms with Crippen LogP contribution in [0.2, 0.25) is 0 Å². The number of amides is 1. The zero-order valence-corrected chi connectivity index (χ0v) is 11.5. The number of nitrogens with zero attached hydrogens (tertiary/aromatic N) is 1. The van der Waals surface area contributed by atoms with Gasteiger partial charge in [-0.1, -0.05) is 29.8 Å². The summed E-state index contributed by atoms with van der Waals surface area (Å²) in [5, 5.41) is 9.41. The Kier molecular flexibility index (Phi) is 2.37. The molecule has 0 radical (unpaired) electrons. The predicted octanol–water partition coefficient (Wildman–Crippen LogP) is 1.37. The van der Waals surface area contributed by atoms with E-state index in [9.17, 15) is 14.7 Å². The molecule has 4 atom stereocenters. The third kappa shape index (κ3) is 1.55. The van der Waals surface area contributed by atoms with Crippen LogP contribution in [0, 0.1) is 18.8 Å². The highest BCUT2D eigenvalue weighted by molar-refractivity contribution is 6.02. The molecule has 3 heterocycles. The van der Waals surface area contributed by atoms with Crippen molar-refractivity contribution < 1.29 is 19.4 Å². The van der Waals surface area contributed by atoms with Crippen LogP contribution in [0.5, 0.6) is 0 Å². The Morgan fingerprint density at radius 1 is 1.38 bits per heavy atom. The summed E-state index contributed by atoms with van der Waals surface area (Å²) in [6.45, 7) is 2.37. The Labute approximate surface area is 121 Å². The topological polar surface area (TPSA) is 66.8 Å². The Morgan fingerprint density at radius 3 is 2.76 bits per heavy atom. The molecule has 1 aromatic carbocycles. The SMILES string of the molecule is Cc1ccc(N2C[C@@]34C=C[C@H](O3)[C@@H](C(=O)O)[C@H]4C2=O)cc1. The zero-order valence-electron chi connectivity index (χ0n) is 11.5. The summed E-state index contributed by atoms with van der Waals surface area (Å²) in [7, 11) is 0. The van der Waals surface area contributed by atoms with E-state index in [0.717, 1.165) is 11.3 Å². The first-order valence-electron chi connectivity index (χ1n) is 7.00. The monoisotopic (exact) mass is 285 g/mol. The predicted molar refractivity (Wildman–Crippen MR) is 74.9 cm³/mol. The smallest absolute Gasteiger partial charge is 0.310 e. The van der Waals surface area contributed by atoms with Crippen LogP contribution >= 0.6 is 0 Å². The number of hydrogen-bond acceptors (Lipinski definition) is 3. The van der Waals surface area contributed by atoms with E-state index < -0.39 is 29.5 Å². The van der Waals surface area contributed by atoms with Crippen molar-refractivity contribution in [3.63, 3.8) is 0 Å². The summed E-state index contributed by atoms with van der Waals surface area (Å²) in [5.41, 5.74) is 1.14. The van der Waals surface area contributed by atoms with E-state index in [1.807, 2.05) is 37.3 Å². The van der Waals surface area contributed by atoms with Crippen LogP contribution in [0.4, 0.5) is 5.69 Å². The molecule has 1 amide bonds. The van der Waals surface area contributed by atoms with E-state index in [1.165, 1.54) is 0 Å². The van der Waals surface area contributed by atoms with E-state index in [0.29, 0.717) is 6.54 Å². The van der Waals surface area contributed by atoms with Crippen molar-refractivity contribution in [1.29, 1.82) is 0 Å². The molecule has 4 rings (SSSR count). The van der Waals surface area contributed by atoms with Crippen molar-refractivity contribution in [2.75, 3.05) is 11.4 Å². The van der Waals surface area contributed by atoms with E-state index in [2.05, 4.69) is 0 Å². The first kappa shape index (κ1) is 12.6. The summed E-state index contributed by atoms with van der Waals surface area (Å²) in [6.07, 6.45) is 3.17. The molecule has 1 spiro atoms. The van der Waals surface area contributed by atoms with Gasteiger partial charge in [0.05, 0.1) is 18.6 Å². The lowest BCUT2D eigenvalue weighted by Gasteiger charge is -2.21. The highest BCUT2D eigenvalue weighted by atomic mass is 16.5. The highest BCUT2D eigenvalue weighted by Gasteiger charge is 2.67. The molecule has 5 heteroatoms. The maximum Gasteiger partial charge on any atom is 0.310 e. The molecule has 1 N–H and O–H groups in total. The second-order valence-electron chi connectivity index (χ2n) is 6.00. The number of rotatable bonds is 2. The number of carbonyl (C=O) groups excluding carboxylic acids is 1. The summed E-state index contributed by atoms with van der Waals surface area (Å²) in [6, 6.07) is 7.65. The average Bonchev–Trinajstić information content (AvgIpc) is 3.08. The number of carbonyl (C=O) groups is 2. The number of aliphatic carboxylic acids is 1. The summed E-state index contributed by atoms with van der Waals surface area (Å²) >= 11 is 0. The fourth-order valence-corrected chi connectivity index (χ4v) is 3.72. The molecule has 0 saturated carbocycles. The van der Waals surface area contributed by atoms with Gasteiger partial charge in [0.25, 0.3) is 0 Å². The van der Waals surface area contributed by atoms with Crippen molar-refractivity contribution >= 4 is 17.6 Å². The number of benzene rings is 1. The molecule has 3 aliphatic rings. The molecule has 2 fully saturated rings. The van der Waals surface area contributed by atoms with Gasteiger partial charge in [-0.25, -0.2) is 0 Å². The number of anilines is 1. The van der Waals surface area contributed by atoms with Crippen LogP contribution in [0.15, 0.2) is 36.4 Å². The van der Waals surface area contributed by atoms with E-state index in [1.54, 1.807) is 11.0 Å². The van der Waals surface area contributed by atoms with Crippen molar-refractivity contribution in [2.24, 2.45) is 11.8 Å². The van der Waals surface area contributed by atoms with Gasteiger partial charge in [-0.05, 0) is 19.1 Å². The van der Waals surface area contributed by atoms with Gasteiger partial charge in [0.1, 0.15) is 11.5 Å². The summed E-state index contributed by atoms with van der Waals surface area (Å²) in [5.74, 6) is -2.52. The molecule has 0 aromatic heterocycles. The molecule has 2 bridgehead atoms. The maximum absolute atomic E-state index is 12.7. The largest absolute Gasteiger partial charge is 0.481 e. The number of aryl methyl sites for hydroxylation is 1. The second-order valence-corrected chi connectivity index (χ2v) is 6.00. The van der Waals surface area contributed by atoms with E-state index >= 15 is 0 Å². The second kappa shape index (κ2) is 3.95. The van der Waals surface area contributed by atoms with Gasteiger partial charge in [0.2, 0.25) is 5.91 Å². The lowest BCUT2D eigenvalue weighted by molar-refractivity contribution is -0.146. The Bertz CT molecular complexity index is 665. The first-order valence-corrected chi connectivity index (χ1v) is 7.00. The fourth-order valence-electron chi connectivity index (χ4n) is 3.72. The molecule has 5 nitrogen and oxygen atoms in total. The summed E-state index contributed by atoms with van der Waals surface area (Å²) in [4.78, 5) is 25.8. The molecule has 3 aliphatic heterocycles. The van der Waals surface area contributed by atoms with Gasteiger partial charge in [-0.2, -0.15) is 0 Å². The number of fused-ring (bicyclic) bond motifs is 1. The van der Waals surface area contributed by atoms with Crippen LogP contribution in [0.25, 0.3) is 0 Å². The van der Waals surface area contributed by atoms with Crippen LogP contribution < -0.4 is 4.90 Å². The number of carboxylic acid groups (broad SMARTS) is 1. The minimum absolute atomic E-state index is 0.155. The standard InChI is InChI=1S/C16H15NO4/c1-9-2-4-10(5-3-9)17-8-16-7-6-11(21-16)12(15(19)20)13(16)14(17)18/h2-7,11-13H,8H2,1H3,(H,19,20)/t11-,12+,13-,16+/m0/s1. The van der Waals surface area contributed by atoms with Gasteiger partial charge >= 0.3 is 5.97 Å². The van der Waals surface area contributed by atoms with E-state index in [-0.39, 0.29) is 5.91 Å². The summed E-state index contributed by atoms with van der Waals surface area (Å²) < 4.78 is 5.85. The van der Waals surface area contributed by atoms with Crippen LogP contribution in [0.3, 0.4) is 0 Å².